The Morgan fingerprint density at radius 2 is 2.10 bits per heavy atom. The number of carbonyl (C=O) groups excluding carboxylic acids is 1. The quantitative estimate of drug-likeness (QED) is 0.356. The van der Waals surface area contributed by atoms with E-state index in [0.717, 1.165) is 56.8 Å². The molecule has 0 bridgehead atoms. The summed E-state index contributed by atoms with van der Waals surface area (Å²) in [5.41, 5.74) is 6.68. The number of aromatic nitrogens is 1. The maximum absolute atomic E-state index is 12.3. The molecule has 2 N–H and O–H groups in total. The molecule has 0 aliphatic carbocycles. The smallest absolute Gasteiger partial charge is 0.410 e. The molecule has 30 heavy (non-hydrogen) atoms. The Kier molecular flexibility index (Phi) is 9.02. The van der Waals surface area contributed by atoms with Crippen molar-refractivity contribution in [1.29, 1.82) is 0 Å². The van der Waals surface area contributed by atoms with E-state index in [1.165, 1.54) is 5.56 Å². The van der Waals surface area contributed by atoms with Crippen LogP contribution in [-0.4, -0.2) is 58.4 Å². The summed E-state index contributed by atoms with van der Waals surface area (Å²) < 4.78 is 11.4. The minimum absolute atomic E-state index is 0.287. The highest BCUT2D eigenvalue weighted by atomic mass is 127. The molecule has 2 rings (SSSR count). The number of rotatable bonds is 10. The molecule has 1 aliphatic rings. The number of alkyl halides is 1. The van der Waals surface area contributed by atoms with Crippen molar-refractivity contribution in [2.24, 2.45) is 5.73 Å². The van der Waals surface area contributed by atoms with E-state index < -0.39 is 3.61 Å². The summed E-state index contributed by atoms with van der Waals surface area (Å²) in [7, 11) is 1.78. The Labute approximate surface area is 194 Å². The third-order valence-electron chi connectivity index (χ3n) is 5.52. The average Bonchev–Trinajstić information content (AvgIpc) is 2.70. The molecule has 7 nitrogen and oxygen atoms in total. The molecule has 0 aromatic carbocycles. The summed E-state index contributed by atoms with van der Waals surface area (Å²) in [5.74, 6) is 1.83. The van der Waals surface area contributed by atoms with Gasteiger partial charge in [0.25, 0.3) is 0 Å². The number of nitrogens with zero attached hydrogens (tertiary/aromatic N) is 3. The Balaban J connectivity index is 2.06. The molecule has 1 aromatic rings. The fraction of sp³-hybridized carbons (Fsp3) is 0.727. The van der Waals surface area contributed by atoms with Crippen LogP contribution >= 0.6 is 22.6 Å². The molecule has 1 aromatic heterocycles. The zero-order chi connectivity index (χ0) is 22.4. The van der Waals surface area contributed by atoms with Crippen LogP contribution in [0.5, 0.6) is 5.75 Å². The fourth-order valence-electron chi connectivity index (χ4n) is 3.70. The Hall–Kier alpha value is -1.29. The molecule has 8 heteroatoms. The lowest BCUT2D eigenvalue weighted by molar-refractivity contribution is 0.0212. The van der Waals surface area contributed by atoms with Crippen molar-refractivity contribution >= 4 is 34.5 Å². The van der Waals surface area contributed by atoms with Gasteiger partial charge in [0, 0.05) is 39.6 Å². The summed E-state index contributed by atoms with van der Waals surface area (Å²) >= 11 is 2.11. The SMILES string of the molecule is CCCN(CCN)c1cc2c(cn1)OC(CC)(CCN(C)C(=O)OC(C)(C)I)CC2. The van der Waals surface area contributed by atoms with Gasteiger partial charge >= 0.3 is 6.09 Å². The Morgan fingerprint density at radius 3 is 2.70 bits per heavy atom. The van der Waals surface area contributed by atoms with Gasteiger partial charge in [-0.15, -0.1) is 0 Å². The van der Waals surface area contributed by atoms with Crippen LogP contribution < -0.4 is 15.4 Å². The number of hydrogen-bond acceptors (Lipinski definition) is 6. The van der Waals surface area contributed by atoms with Crippen LogP contribution in [0.25, 0.3) is 0 Å². The number of amides is 1. The van der Waals surface area contributed by atoms with E-state index in [-0.39, 0.29) is 11.7 Å². The molecular weight excluding hydrogens is 495 g/mol. The van der Waals surface area contributed by atoms with Gasteiger partial charge in [0.05, 0.1) is 6.20 Å². The zero-order valence-electron chi connectivity index (χ0n) is 19.0. The van der Waals surface area contributed by atoms with Gasteiger partial charge in [-0.05, 0) is 73.8 Å². The number of fused-ring (bicyclic) bond motifs is 1. The van der Waals surface area contributed by atoms with E-state index >= 15 is 0 Å². The second kappa shape index (κ2) is 10.8. The van der Waals surface area contributed by atoms with Crippen LogP contribution in [0, 0.1) is 0 Å². The monoisotopic (exact) mass is 532 g/mol. The number of halogens is 1. The normalized spacial score (nSPS) is 18.4. The number of hydrogen-bond donors (Lipinski definition) is 1. The first-order chi connectivity index (χ1) is 14.1. The van der Waals surface area contributed by atoms with Crippen LogP contribution in [0.15, 0.2) is 12.3 Å². The molecule has 1 unspecified atom stereocenters. The van der Waals surface area contributed by atoms with E-state index in [4.69, 9.17) is 15.2 Å². The van der Waals surface area contributed by atoms with E-state index in [1.807, 2.05) is 20.0 Å². The molecule has 0 saturated heterocycles. The molecule has 0 spiro atoms. The summed E-state index contributed by atoms with van der Waals surface area (Å²) in [6.07, 6.45) is 6.10. The van der Waals surface area contributed by atoms with Gasteiger partial charge in [-0.1, -0.05) is 13.8 Å². The number of pyridine rings is 1. The van der Waals surface area contributed by atoms with E-state index in [1.54, 1.807) is 11.9 Å². The number of nitrogens with two attached hydrogens (primary N) is 1. The highest BCUT2D eigenvalue weighted by molar-refractivity contribution is 14.1. The lowest BCUT2D eigenvalue weighted by Gasteiger charge is -2.39. The second-order valence-electron chi connectivity index (χ2n) is 8.47. The van der Waals surface area contributed by atoms with E-state index in [0.29, 0.717) is 13.1 Å². The van der Waals surface area contributed by atoms with E-state index in [2.05, 4.69) is 52.4 Å². The highest BCUT2D eigenvalue weighted by Crippen LogP contribution is 2.38. The van der Waals surface area contributed by atoms with Gasteiger partial charge in [-0.3, -0.25) is 0 Å². The number of carbonyl (C=O) groups is 1. The second-order valence-corrected chi connectivity index (χ2v) is 11.1. The molecule has 1 aliphatic heterocycles. The van der Waals surface area contributed by atoms with Crippen molar-refractivity contribution in [1.82, 2.24) is 9.88 Å². The first kappa shape index (κ1) is 25.0. The first-order valence-corrected chi connectivity index (χ1v) is 12.0. The lowest BCUT2D eigenvalue weighted by atomic mass is 9.86. The molecule has 0 saturated carbocycles. The Bertz CT molecular complexity index is 704. The minimum Gasteiger partial charge on any atom is -0.485 e. The van der Waals surface area contributed by atoms with Crippen molar-refractivity contribution in [3.05, 3.63) is 17.8 Å². The molecule has 2 heterocycles. The van der Waals surface area contributed by atoms with E-state index in [9.17, 15) is 4.79 Å². The third kappa shape index (κ3) is 6.87. The standard InChI is InChI=1S/C22H37IN4O3/c1-6-12-27(14-11-24)19-15-17-8-9-22(7-2,29-18(17)16-25-19)10-13-26(5)20(28)30-21(3,4)23/h15-16H,6-14,24H2,1-5H3. The molecule has 0 radical (unpaired) electrons. The van der Waals surface area contributed by atoms with Crippen LogP contribution in [0.4, 0.5) is 10.6 Å². The van der Waals surface area contributed by atoms with Crippen molar-refractivity contribution in [2.45, 2.75) is 69.0 Å². The molecule has 0 fully saturated rings. The number of anilines is 1. The fourth-order valence-corrected chi connectivity index (χ4v) is 3.88. The molecule has 170 valence electrons. The van der Waals surface area contributed by atoms with Crippen LogP contribution in [0.2, 0.25) is 0 Å². The molecule has 1 atom stereocenters. The first-order valence-electron chi connectivity index (χ1n) is 10.9. The van der Waals surface area contributed by atoms with Crippen molar-refractivity contribution in [3.8, 4) is 5.75 Å². The lowest BCUT2D eigenvalue weighted by Crippen LogP contribution is -2.43. The predicted molar refractivity (Wildman–Crippen MR) is 130 cm³/mol. The minimum atomic E-state index is -0.523. The van der Waals surface area contributed by atoms with Crippen molar-refractivity contribution < 1.29 is 14.3 Å². The Morgan fingerprint density at radius 1 is 1.37 bits per heavy atom. The number of ether oxygens (including phenoxy) is 2. The van der Waals surface area contributed by atoms with Gasteiger partial charge in [0.2, 0.25) is 0 Å². The van der Waals surface area contributed by atoms with Gasteiger partial charge in [-0.2, -0.15) is 0 Å². The zero-order valence-corrected chi connectivity index (χ0v) is 21.2. The molecular formula is C22H37IN4O3. The summed E-state index contributed by atoms with van der Waals surface area (Å²) in [6, 6.07) is 2.15. The predicted octanol–water partition coefficient (Wildman–Crippen LogP) is 4.36. The summed E-state index contributed by atoms with van der Waals surface area (Å²) in [5, 5.41) is 0. The highest BCUT2D eigenvalue weighted by Gasteiger charge is 2.36. The van der Waals surface area contributed by atoms with Gasteiger partial charge in [0.15, 0.2) is 3.61 Å². The van der Waals surface area contributed by atoms with Crippen molar-refractivity contribution in [2.75, 3.05) is 38.1 Å². The summed E-state index contributed by atoms with van der Waals surface area (Å²) in [6.45, 7) is 11.0. The van der Waals surface area contributed by atoms with Gasteiger partial charge < -0.3 is 25.0 Å². The van der Waals surface area contributed by atoms with Gasteiger partial charge in [0.1, 0.15) is 17.2 Å². The van der Waals surface area contributed by atoms with Crippen LogP contribution in [0.1, 0.15) is 58.9 Å². The maximum atomic E-state index is 12.3. The topological polar surface area (TPSA) is 80.9 Å². The third-order valence-corrected chi connectivity index (χ3v) is 5.74. The van der Waals surface area contributed by atoms with Crippen molar-refractivity contribution in [3.63, 3.8) is 0 Å². The average molecular weight is 532 g/mol. The van der Waals surface area contributed by atoms with Crippen LogP contribution in [0.3, 0.4) is 0 Å². The largest absolute Gasteiger partial charge is 0.485 e. The maximum Gasteiger partial charge on any atom is 0.410 e. The number of aryl methyl sites for hydroxylation is 1. The summed E-state index contributed by atoms with van der Waals surface area (Å²) in [4.78, 5) is 20.8. The van der Waals surface area contributed by atoms with Crippen LogP contribution in [-0.2, 0) is 11.2 Å². The van der Waals surface area contributed by atoms with Gasteiger partial charge in [-0.25, -0.2) is 9.78 Å². The molecule has 1 amide bonds.